The molecule has 20 heavy (non-hydrogen) atoms. The van der Waals surface area contributed by atoms with Gasteiger partial charge in [0.15, 0.2) is 0 Å². The average molecular weight is 301 g/mol. The molecule has 1 aromatic rings. The number of benzene rings is 1. The van der Waals surface area contributed by atoms with Crippen LogP contribution in [0.2, 0.25) is 5.02 Å². The van der Waals surface area contributed by atoms with E-state index in [-0.39, 0.29) is 33.4 Å². The molecule has 0 saturated heterocycles. The van der Waals surface area contributed by atoms with Crippen molar-refractivity contribution < 1.29 is 14.8 Å². The van der Waals surface area contributed by atoms with E-state index in [9.17, 15) is 20.0 Å². The SMILES string of the molecule is CC(Nc1c(Cl)cc([N+](=O)[O-])cc1C(=O)O)C(C)(C)C. The zero-order valence-electron chi connectivity index (χ0n) is 11.7. The number of carboxylic acids is 1. The van der Waals surface area contributed by atoms with Gasteiger partial charge in [0.05, 0.1) is 21.2 Å². The number of carboxylic acid groups (broad SMARTS) is 1. The molecule has 0 aliphatic carbocycles. The lowest BCUT2D eigenvalue weighted by Crippen LogP contribution is -2.31. The number of aromatic carboxylic acids is 1. The summed E-state index contributed by atoms with van der Waals surface area (Å²) in [5, 5.41) is 23.0. The summed E-state index contributed by atoms with van der Waals surface area (Å²) in [7, 11) is 0. The largest absolute Gasteiger partial charge is 0.478 e. The van der Waals surface area contributed by atoms with Gasteiger partial charge in [-0.15, -0.1) is 0 Å². The number of non-ortho nitro benzene ring substituents is 1. The van der Waals surface area contributed by atoms with Crippen LogP contribution in [0.25, 0.3) is 0 Å². The van der Waals surface area contributed by atoms with Gasteiger partial charge in [0.1, 0.15) is 0 Å². The smallest absolute Gasteiger partial charge is 0.338 e. The number of hydrogen-bond donors (Lipinski definition) is 2. The van der Waals surface area contributed by atoms with E-state index in [4.69, 9.17) is 11.6 Å². The Balaban J connectivity index is 3.32. The Morgan fingerprint density at radius 1 is 1.45 bits per heavy atom. The number of nitro groups is 1. The van der Waals surface area contributed by atoms with Crippen molar-refractivity contribution in [2.45, 2.75) is 33.7 Å². The van der Waals surface area contributed by atoms with Gasteiger partial charge in [0.2, 0.25) is 0 Å². The second-order valence-electron chi connectivity index (χ2n) is 5.64. The van der Waals surface area contributed by atoms with Crippen molar-refractivity contribution in [1.82, 2.24) is 0 Å². The fraction of sp³-hybridized carbons (Fsp3) is 0.462. The molecule has 6 nitrogen and oxygen atoms in total. The third-order valence-corrected chi connectivity index (χ3v) is 3.47. The topological polar surface area (TPSA) is 92.5 Å². The predicted molar refractivity (Wildman–Crippen MR) is 77.6 cm³/mol. The first-order chi connectivity index (χ1) is 9.04. The summed E-state index contributed by atoms with van der Waals surface area (Å²) in [6.45, 7) is 7.86. The zero-order valence-corrected chi connectivity index (χ0v) is 12.5. The van der Waals surface area contributed by atoms with Gasteiger partial charge in [0.25, 0.3) is 5.69 Å². The number of rotatable bonds is 4. The first-order valence-corrected chi connectivity index (χ1v) is 6.39. The van der Waals surface area contributed by atoms with E-state index in [2.05, 4.69) is 5.32 Å². The molecule has 0 aliphatic rings. The second kappa shape index (κ2) is 5.66. The van der Waals surface area contributed by atoms with Crippen LogP contribution >= 0.6 is 11.6 Å². The van der Waals surface area contributed by atoms with E-state index in [1.54, 1.807) is 0 Å². The highest BCUT2D eigenvalue weighted by molar-refractivity contribution is 6.34. The maximum absolute atomic E-state index is 11.3. The number of nitrogens with one attached hydrogen (secondary N) is 1. The maximum Gasteiger partial charge on any atom is 0.338 e. The Labute approximate surface area is 121 Å². The lowest BCUT2D eigenvalue weighted by atomic mass is 9.88. The normalized spacial score (nSPS) is 12.8. The van der Waals surface area contributed by atoms with Crippen molar-refractivity contribution in [3.8, 4) is 0 Å². The predicted octanol–water partition coefficient (Wildman–Crippen LogP) is 3.79. The van der Waals surface area contributed by atoms with Crippen LogP contribution in [0.15, 0.2) is 12.1 Å². The molecule has 2 N–H and O–H groups in total. The highest BCUT2D eigenvalue weighted by Gasteiger charge is 2.25. The highest BCUT2D eigenvalue weighted by Crippen LogP contribution is 2.34. The molecule has 1 atom stereocenters. The summed E-state index contributed by atoms with van der Waals surface area (Å²) in [6, 6.07) is 2.08. The molecule has 0 aliphatic heterocycles. The van der Waals surface area contributed by atoms with Crippen LogP contribution < -0.4 is 5.32 Å². The lowest BCUT2D eigenvalue weighted by molar-refractivity contribution is -0.384. The van der Waals surface area contributed by atoms with E-state index >= 15 is 0 Å². The van der Waals surface area contributed by atoms with Gasteiger partial charge in [-0.25, -0.2) is 4.79 Å². The van der Waals surface area contributed by atoms with Crippen molar-refractivity contribution in [2.24, 2.45) is 5.41 Å². The third kappa shape index (κ3) is 3.60. The number of halogens is 1. The van der Waals surface area contributed by atoms with Crippen molar-refractivity contribution >= 4 is 28.9 Å². The summed E-state index contributed by atoms with van der Waals surface area (Å²) in [5.41, 5.74) is -0.477. The van der Waals surface area contributed by atoms with E-state index in [0.717, 1.165) is 12.1 Å². The fourth-order valence-electron chi connectivity index (χ4n) is 1.45. The van der Waals surface area contributed by atoms with Gasteiger partial charge >= 0.3 is 5.97 Å². The van der Waals surface area contributed by atoms with Crippen LogP contribution in [0.4, 0.5) is 11.4 Å². The van der Waals surface area contributed by atoms with Gasteiger partial charge in [-0.2, -0.15) is 0 Å². The zero-order chi connectivity index (χ0) is 15.7. The molecule has 0 aromatic heterocycles. The third-order valence-electron chi connectivity index (χ3n) is 3.18. The molecule has 1 unspecified atom stereocenters. The Bertz CT molecular complexity index is 552. The van der Waals surface area contributed by atoms with E-state index < -0.39 is 10.9 Å². The molecule has 1 aromatic carbocycles. The Morgan fingerprint density at radius 2 is 2.00 bits per heavy atom. The van der Waals surface area contributed by atoms with Crippen LogP contribution in [0.3, 0.4) is 0 Å². The quantitative estimate of drug-likeness (QED) is 0.652. The van der Waals surface area contributed by atoms with Crippen LogP contribution in [-0.4, -0.2) is 22.0 Å². The molecule has 0 saturated carbocycles. The minimum absolute atomic E-state index is 0.0210. The lowest BCUT2D eigenvalue weighted by Gasteiger charge is -2.29. The number of carbonyl (C=O) groups is 1. The summed E-state index contributed by atoms with van der Waals surface area (Å²) in [5.74, 6) is -1.26. The molecule has 0 spiro atoms. The summed E-state index contributed by atoms with van der Waals surface area (Å²) in [4.78, 5) is 21.3. The van der Waals surface area contributed by atoms with Crippen LogP contribution in [0.5, 0.6) is 0 Å². The molecule has 0 bridgehead atoms. The van der Waals surface area contributed by atoms with Crippen molar-refractivity contribution in [1.29, 1.82) is 0 Å². The van der Waals surface area contributed by atoms with Gasteiger partial charge < -0.3 is 10.4 Å². The number of anilines is 1. The molecule has 110 valence electrons. The number of hydrogen-bond acceptors (Lipinski definition) is 4. The standard InChI is InChI=1S/C13H17ClN2O4/c1-7(13(2,3)4)15-11-9(12(17)18)5-8(16(19)20)6-10(11)14/h5-7,15H,1-4H3,(H,17,18). The monoisotopic (exact) mass is 300 g/mol. The van der Waals surface area contributed by atoms with Crippen molar-refractivity contribution in [3.05, 3.63) is 32.8 Å². The molecular weight excluding hydrogens is 284 g/mol. The Hall–Kier alpha value is -1.82. The Morgan fingerprint density at radius 3 is 2.40 bits per heavy atom. The molecule has 0 heterocycles. The molecule has 1 rings (SSSR count). The van der Waals surface area contributed by atoms with Crippen molar-refractivity contribution in [3.63, 3.8) is 0 Å². The molecule has 0 fully saturated rings. The number of nitro benzene ring substituents is 1. The molecule has 7 heteroatoms. The first-order valence-electron chi connectivity index (χ1n) is 6.01. The minimum Gasteiger partial charge on any atom is -0.478 e. The van der Waals surface area contributed by atoms with Gasteiger partial charge in [-0.05, 0) is 12.3 Å². The Kier molecular flexibility index (Phi) is 4.60. The van der Waals surface area contributed by atoms with Gasteiger partial charge in [0, 0.05) is 18.2 Å². The second-order valence-corrected chi connectivity index (χ2v) is 6.05. The summed E-state index contributed by atoms with van der Waals surface area (Å²) < 4.78 is 0. The minimum atomic E-state index is -1.26. The van der Waals surface area contributed by atoms with Crippen molar-refractivity contribution in [2.75, 3.05) is 5.32 Å². The van der Waals surface area contributed by atoms with Gasteiger partial charge in [-0.1, -0.05) is 32.4 Å². The van der Waals surface area contributed by atoms with Crippen LogP contribution in [0.1, 0.15) is 38.1 Å². The molecular formula is C13H17ClN2O4. The first kappa shape index (κ1) is 16.2. The van der Waals surface area contributed by atoms with Crippen LogP contribution in [-0.2, 0) is 0 Å². The average Bonchev–Trinajstić information content (AvgIpc) is 2.29. The van der Waals surface area contributed by atoms with E-state index in [0.29, 0.717) is 0 Å². The number of nitrogens with zero attached hydrogens (tertiary/aromatic N) is 1. The summed E-state index contributed by atoms with van der Waals surface area (Å²) in [6.07, 6.45) is 0. The molecule has 0 radical (unpaired) electrons. The highest BCUT2D eigenvalue weighted by atomic mass is 35.5. The van der Waals surface area contributed by atoms with Crippen LogP contribution in [0, 0.1) is 15.5 Å². The van der Waals surface area contributed by atoms with E-state index in [1.807, 2.05) is 27.7 Å². The fourth-order valence-corrected chi connectivity index (χ4v) is 1.71. The molecule has 0 amide bonds. The maximum atomic E-state index is 11.3. The van der Waals surface area contributed by atoms with E-state index in [1.165, 1.54) is 0 Å². The van der Waals surface area contributed by atoms with Gasteiger partial charge in [-0.3, -0.25) is 10.1 Å². The summed E-state index contributed by atoms with van der Waals surface area (Å²) >= 11 is 5.99.